The Morgan fingerprint density at radius 1 is 1.09 bits per heavy atom. The molecule has 0 aliphatic carbocycles. The highest BCUT2D eigenvalue weighted by molar-refractivity contribution is 5.85. The predicted octanol–water partition coefficient (Wildman–Crippen LogP) is 3.92. The number of piperazine rings is 1. The van der Waals surface area contributed by atoms with Crippen molar-refractivity contribution in [2.75, 3.05) is 33.3 Å². The maximum atomic E-state index is 5.58. The van der Waals surface area contributed by atoms with Crippen LogP contribution in [0.1, 0.15) is 38.3 Å². The largest absolute Gasteiger partial charge is 0.496 e. The van der Waals surface area contributed by atoms with Gasteiger partial charge < -0.3 is 10.1 Å². The van der Waals surface area contributed by atoms with Crippen LogP contribution in [-0.4, -0.2) is 38.2 Å². The molecule has 1 fully saturated rings. The number of halogens is 2. The van der Waals surface area contributed by atoms with Crippen LogP contribution in [0.4, 0.5) is 0 Å². The van der Waals surface area contributed by atoms with Gasteiger partial charge in [0.25, 0.3) is 0 Å². The van der Waals surface area contributed by atoms with E-state index in [1.54, 1.807) is 7.11 Å². The zero-order valence-corrected chi connectivity index (χ0v) is 15.5. The minimum atomic E-state index is 0. The summed E-state index contributed by atoms with van der Waals surface area (Å²) in [5.41, 5.74) is 1.34. The second-order valence-electron chi connectivity index (χ2n) is 6.01. The van der Waals surface area contributed by atoms with Crippen LogP contribution < -0.4 is 10.1 Å². The third-order valence-electron chi connectivity index (χ3n) is 4.11. The highest BCUT2D eigenvalue weighted by Crippen LogP contribution is 2.33. The Morgan fingerprint density at radius 2 is 1.73 bits per heavy atom. The average molecular weight is 349 g/mol. The highest BCUT2D eigenvalue weighted by Gasteiger charge is 2.24. The maximum Gasteiger partial charge on any atom is 0.123 e. The molecule has 0 spiro atoms. The minimum absolute atomic E-state index is 0. The molecular formula is C17H30Cl2N2O. The molecule has 0 unspecified atom stereocenters. The van der Waals surface area contributed by atoms with E-state index in [0.717, 1.165) is 37.8 Å². The SMILES string of the molecule is COc1ccccc1[C@H](CCC(C)C)N1CCNCC1.Cl.Cl. The van der Waals surface area contributed by atoms with Crippen molar-refractivity contribution in [1.82, 2.24) is 10.2 Å². The summed E-state index contributed by atoms with van der Waals surface area (Å²) in [6.07, 6.45) is 2.46. The molecule has 1 aromatic rings. The van der Waals surface area contributed by atoms with Crippen molar-refractivity contribution in [2.45, 2.75) is 32.7 Å². The zero-order chi connectivity index (χ0) is 14.4. The fraction of sp³-hybridized carbons (Fsp3) is 0.647. The Labute approximate surface area is 147 Å². The van der Waals surface area contributed by atoms with Gasteiger partial charge in [0.05, 0.1) is 7.11 Å². The standard InChI is InChI=1S/C17H28N2O.2ClH/c1-14(2)8-9-16(19-12-10-18-11-13-19)15-6-4-5-7-17(15)20-3;;/h4-7,14,16,18H,8-13H2,1-3H3;2*1H/t16-;;/m0../s1. The Balaban J connectivity index is 0.00000220. The molecule has 0 amide bonds. The molecule has 1 aliphatic heterocycles. The zero-order valence-electron chi connectivity index (χ0n) is 13.9. The van der Waals surface area contributed by atoms with E-state index in [2.05, 4.69) is 48.3 Å². The molecule has 1 aromatic carbocycles. The van der Waals surface area contributed by atoms with Gasteiger partial charge in [-0.3, -0.25) is 4.90 Å². The Morgan fingerprint density at radius 3 is 2.32 bits per heavy atom. The molecule has 1 N–H and O–H groups in total. The fourth-order valence-corrected chi connectivity index (χ4v) is 2.96. The molecule has 1 aliphatic rings. The van der Waals surface area contributed by atoms with Crippen LogP contribution in [0.5, 0.6) is 5.75 Å². The number of methoxy groups -OCH3 is 1. The van der Waals surface area contributed by atoms with E-state index < -0.39 is 0 Å². The summed E-state index contributed by atoms with van der Waals surface area (Å²) < 4.78 is 5.58. The molecule has 5 heteroatoms. The van der Waals surface area contributed by atoms with E-state index in [1.165, 1.54) is 18.4 Å². The quantitative estimate of drug-likeness (QED) is 0.842. The van der Waals surface area contributed by atoms with Crippen LogP contribution in [0.15, 0.2) is 24.3 Å². The molecular weight excluding hydrogens is 319 g/mol. The summed E-state index contributed by atoms with van der Waals surface area (Å²) in [4.78, 5) is 2.61. The number of ether oxygens (including phenoxy) is 1. The molecule has 1 saturated heterocycles. The van der Waals surface area contributed by atoms with Crippen molar-refractivity contribution in [1.29, 1.82) is 0 Å². The number of rotatable bonds is 6. The average Bonchev–Trinajstić information content (AvgIpc) is 2.49. The first kappa shape index (κ1) is 21.5. The molecule has 22 heavy (non-hydrogen) atoms. The van der Waals surface area contributed by atoms with E-state index in [1.807, 2.05) is 0 Å². The lowest BCUT2D eigenvalue weighted by Gasteiger charge is -2.36. The summed E-state index contributed by atoms with van der Waals surface area (Å²) in [5.74, 6) is 1.77. The van der Waals surface area contributed by atoms with E-state index in [4.69, 9.17) is 4.74 Å². The number of hydrogen-bond acceptors (Lipinski definition) is 3. The molecule has 1 heterocycles. The Bertz CT molecular complexity index is 409. The Kier molecular flexibility index (Phi) is 10.9. The summed E-state index contributed by atoms with van der Waals surface area (Å²) in [7, 11) is 1.77. The number of benzene rings is 1. The summed E-state index contributed by atoms with van der Waals surface area (Å²) in [5, 5.41) is 3.44. The molecule has 128 valence electrons. The van der Waals surface area contributed by atoms with E-state index in [0.29, 0.717) is 6.04 Å². The van der Waals surface area contributed by atoms with E-state index in [-0.39, 0.29) is 24.8 Å². The molecule has 1 atom stereocenters. The summed E-state index contributed by atoms with van der Waals surface area (Å²) in [6, 6.07) is 8.98. The number of nitrogens with one attached hydrogen (secondary N) is 1. The summed E-state index contributed by atoms with van der Waals surface area (Å²) in [6.45, 7) is 9.04. The van der Waals surface area contributed by atoms with Crippen LogP contribution in [0.2, 0.25) is 0 Å². The second kappa shape index (κ2) is 11.1. The summed E-state index contributed by atoms with van der Waals surface area (Å²) >= 11 is 0. The monoisotopic (exact) mass is 348 g/mol. The van der Waals surface area contributed by atoms with Crippen LogP contribution in [0.3, 0.4) is 0 Å². The second-order valence-corrected chi connectivity index (χ2v) is 6.01. The lowest BCUT2D eigenvalue weighted by Crippen LogP contribution is -2.45. The fourth-order valence-electron chi connectivity index (χ4n) is 2.96. The van der Waals surface area contributed by atoms with Gasteiger partial charge in [-0.2, -0.15) is 0 Å². The van der Waals surface area contributed by atoms with E-state index >= 15 is 0 Å². The van der Waals surface area contributed by atoms with Gasteiger partial charge in [0.1, 0.15) is 5.75 Å². The van der Waals surface area contributed by atoms with Gasteiger partial charge in [-0.05, 0) is 24.8 Å². The van der Waals surface area contributed by atoms with Crippen molar-refractivity contribution in [2.24, 2.45) is 5.92 Å². The van der Waals surface area contributed by atoms with Crippen LogP contribution in [0, 0.1) is 5.92 Å². The van der Waals surface area contributed by atoms with Crippen molar-refractivity contribution in [3.63, 3.8) is 0 Å². The van der Waals surface area contributed by atoms with Crippen molar-refractivity contribution in [3.05, 3.63) is 29.8 Å². The topological polar surface area (TPSA) is 24.5 Å². The third-order valence-corrected chi connectivity index (χ3v) is 4.11. The van der Waals surface area contributed by atoms with Gasteiger partial charge >= 0.3 is 0 Å². The smallest absolute Gasteiger partial charge is 0.123 e. The first-order valence-corrected chi connectivity index (χ1v) is 7.80. The number of para-hydroxylation sites is 1. The molecule has 0 bridgehead atoms. The molecule has 0 aromatic heterocycles. The molecule has 0 radical (unpaired) electrons. The maximum absolute atomic E-state index is 5.58. The first-order chi connectivity index (χ1) is 9.72. The van der Waals surface area contributed by atoms with E-state index in [9.17, 15) is 0 Å². The lowest BCUT2D eigenvalue weighted by atomic mass is 9.95. The normalized spacial score (nSPS) is 16.5. The van der Waals surface area contributed by atoms with Crippen molar-refractivity contribution >= 4 is 24.8 Å². The number of hydrogen-bond donors (Lipinski definition) is 1. The number of nitrogens with zero attached hydrogens (tertiary/aromatic N) is 1. The molecule has 2 rings (SSSR count). The van der Waals surface area contributed by atoms with Gasteiger partial charge in [0, 0.05) is 37.8 Å². The lowest BCUT2D eigenvalue weighted by molar-refractivity contribution is 0.157. The first-order valence-electron chi connectivity index (χ1n) is 7.80. The third kappa shape index (κ3) is 5.96. The van der Waals surface area contributed by atoms with Crippen LogP contribution >= 0.6 is 24.8 Å². The predicted molar refractivity (Wildman–Crippen MR) is 98.7 cm³/mol. The van der Waals surface area contributed by atoms with Crippen molar-refractivity contribution in [3.8, 4) is 5.75 Å². The molecule has 3 nitrogen and oxygen atoms in total. The van der Waals surface area contributed by atoms with Crippen LogP contribution in [-0.2, 0) is 0 Å². The van der Waals surface area contributed by atoms with Crippen LogP contribution in [0.25, 0.3) is 0 Å². The van der Waals surface area contributed by atoms with Gasteiger partial charge in [-0.1, -0.05) is 32.0 Å². The van der Waals surface area contributed by atoms with Crippen molar-refractivity contribution < 1.29 is 4.74 Å². The van der Waals surface area contributed by atoms with Gasteiger partial charge in [0.2, 0.25) is 0 Å². The van der Waals surface area contributed by atoms with Gasteiger partial charge in [0.15, 0.2) is 0 Å². The molecule has 0 saturated carbocycles. The Hall–Kier alpha value is -0.480. The minimum Gasteiger partial charge on any atom is -0.496 e. The van der Waals surface area contributed by atoms with Gasteiger partial charge in [-0.15, -0.1) is 24.8 Å². The van der Waals surface area contributed by atoms with Gasteiger partial charge in [-0.25, -0.2) is 0 Å². The highest BCUT2D eigenvalue weighted by atomic mass is 35.5.